The van der Waals surface area contributed by atoms with Crippen molar-refractivity contribution in [1.29, 1.82) is 0 Å². The number of hydrogen-bond donors (Lipinski definition) is 1. The predicted molar refractivity (Wildman–Crippen MR) is 86.6 cm³/mol. The van der Waals surface area contributed by atoms with E-state index in [2.05, 4.69) is 42.0 Å². The topological polar surface area (TPSA) is 21.3 Å². The summed E-state index contributed by atoms with van der Waals surface area (Å²) >= 11 is 1.85. The highest BCUT2D eigenvalue weighted by Gasteiger charge is 2.40. The van der Waals surface area contributed by atoms with Crippen LogP contribution in [0.1, 0.15) is 31.2 Å². The number of likely N-dealkylation sites (N-methyl/N-ethyl adjacent to an activating group) is 1. The second-order valence-electron chi connectivity index (χ2n) is 5.78. The summed E-state index contributed by atoms with van der Waals surface area (Å²) in [6, 6.07) is 9.09. The molecule has 1 fully saturated rings. The van der Waals surface area contributed by atoms with Gasteiger partial charge in [0.2, 0.25) is 0 Å². The predicted octanol–water partition coefficient (Wildman–Crippen LogP) is 3.99. The van der Waals surface area contributed by atoms with Crippen molar-refractivity contribution >= 4 is 21.4 Å². The van der Waals surface area contributed by atoms with Crippen LogP contribution in [0.2, 0.25) is 0 Å². The molecular weight excluding hydrogens is 266 g/mol. The van der Waals surface area contributed by atoms with E-state index in [1.165, 1.54) is 41.3 Å². The van der Waals surface area contributed by atoms with E-state index in [0.29, 0.717) is 6.04 Å². The third-order valence-corrected chi connectivity index (χ3v) is 5.84. The molecule has 2 nitrogen and oxygen atoms in total. The average molecular weight is 289 g/mol. The molecule has 1 N–H and O–H groups in total. The first-order valence-electron chi connectivity index (χ1n) is 7.46. The Labute approximate surface area is 125 Å². The Balaban J connectivity index is 1.88. The van der Waals surface area contributed by atoms with E-state index < -0.39 is 0 Å². The van der Waals surface area contributed by atoms with Gasteiger partial charge in [-0.25, -0.2) is 0 Å². The lowest BCUT2D eigenvalue weighted by atomic mass is 9.87. The summed E-state index contributed by atoms with van der Waals surface area (Å²) in [7, 11) is 3.94. The van der Waals surface area contributed by atoms with Crippen LogP contribution in [0.25, 0.3) is 10.1 Å². The third kappa shape index (κ3) is 2.39. The lowest BCUT2D eigenvalue weighted by Crippen LogP contribution is -2.50. The van der Waals surface area contributed by atoms with E-state index in [9.17, 15) is 0 Å². The highest BCUT2D eigenvalue weighted by atomic mass is 32.1. The molecule has 0 radical (unpaired) electrons. The van der Waals surface area contributed by atoms with Crippen molar-refractivity contribution < 1.29 is 4.74 Å². The Morgan fingerprint density at radius 3 is 2.75 bits per heavy atom. The largest absolute Gasteiger partial charge is 0.377 e. The molecule has 3 heteroatoms. The quantitative estimate of drug-likeness (QED) is 0.898. The van der Waals surface area contributed by atoms with Gasteiger partial charge in [-0.15, -0.1) is 11.3 Å². The Hall–Kier alpha value is -0.900. The number of methoxy groups -OCH3 is 1. The number of fused-ring (bicyclic) bond motifs is 1. The lowest BCUT2D eigenvalue weighted by Gasteiger charge is -2.36. The SMILES string of the molecule is CNC(Cc1csc2ccccc12)C1(OC)CCCC1. The summed E-state index contributed by atoms with van der Waals surface area (Å²) in [6.07, 6.45) is 5.98. The van der Waals surface area contributed by atoms with Gasteiger partial charge in [0, 0.05) is 17.9 Å². The molecular formula is C17H23NOS. The molecule has 1 unspecified atom stereocenters. The van der Waals surface area contributed by atoms with Crippen LogP contribution in [0.5, 0.6) is 0 Å². The van der Waals surface area contributed by atoms with Crippen LogP contribution >= 0.6 is 11.3 Å². The van der Waals surface area contributed by atoms with Crippen LogP contribution < -0.4 is 5.32 Å². The Morgan fingerprint density at radius 1 is 1.30 bits per heavy atom. The molecule has 1 aromatic heterocycles. The Morgan fingerprint density at radius 2 is 2.05 bits per heavy atom. The molecule has 1 heterocycles. The van der Waals surface area contributed by atoms with Crippen molar-refractivity contribution in [1.82, 2.24) is 5.32 Å². The molecule has 20 heavy (non-hydrogen) atoms. The molecule has 0 saturated heterocycles. The fourth-order valence-corrected chi connectivity index (χ4v) is 4.61. The summed E-state index contributed by atoms with van der Waals surface area (Å²) in [4.78, 5) is 0. The highest BCUT2D eigenvalue weighted by molar-refractivity contribution is 7.17. The van der Waals surface area contributed by atoms with Crippen molar-refractivity contribution in [2.75, 3.05) is 14.2 Å². The molecule has 3 rings (SSSR count). The molecule has 1 atom stereocenters. The smallest absolute Gasteiger partial charge is 0.0834 e. The van der Waals surface area contributed by atoms with Gasteiger partial charge in [-0.2, -0.15) is 0 Å². The monoisotopic (exact) mass is 289 g/mol. The zero-order valence-corrected chi connectivity index (χ0v) is 13.1. The minimum absolute atomic E-state index is 0.0256. The molecule has 1 aliphatic carbocycles. The van der Waals surface area contributed by atoms with Gasteiger partial charge in [0.05, 0.1) is 5.60 Å². The first-order valence-corrected chi connectivity index (χ1v) is 8.34. The number of nitrogens with one attached hydrogen (secondary N) is 1. The lowest BCUT2D eigenvalue weighted by molar-refractivity contribution is -0.0335. The van der Waals surface area contributed by atoms with Crippen molar-refractivity contribution in [2.24, 2.45) is 0 Å². The molecule has 2 aromatic rings. The number of thiophene rings is 1. The fourth-order valence-electron chi connectivity index (χ4n) is 3.63. The van der Waals surface area contributed by atoms with Gasteiger partial charge in [0.1, 0.15) is 0 Å². The van der Waals surface area contributed by atoms with Crippen LogP contribution in [0.3, 0.4) is 0 Å². The van der Waals surface area contributed by atoms with Crippen molar-refractivity contribution in [2.45, 2.75) is 43.7 Å². The molecule has 108 valence electrons. The first kappa shape index (κ1) is 14.1. The molecule has 1 aromatic carbocycles. The summed E-state index contributed by atoms with van der Waals surface area (Å²) in [5.74, 6) is 0. The van der Waals surface area contributed by atoms with Gasteiger partial charge in [0.15, 0.2) is 0 Å². The van der Waals surface area contributed by atoms with E-state index in [1.54, 1.807) is 0 Å². The van der Waals surface area contributed by atoms with Gasteiger partial charge in [0.25, 0.3) is 0 Å². The normalized spacial score (nSPS) is 19.5. The van der Waals surface area contributed by atoms with Crippen molar-refractivity contribution in [3.8, 4) is 0 Å². The highest BCUT2D eigenvalue weighted by Crippen LogP contribution is 2.38. The summed E-state index contributed by atoms with van der Waals surface area (Å²) in [5, 5.41) is 7.24. The summed E-state index contributed by atoms with van der Waals surface area (Å²) < 4.78 is 7.34. The molecule has 1 saturated carbocycles. The van der Waals surface area contributed by atoms with Gasteiger partial charge < -0.3 is 10.1 Å². The number of hydrogen-bond acceptors (Lipinski definition) is 3. The number of benzene rings is 1. The van der Waals surface area contributed by atoms with Crippen molar-refractivity contribution in [3.63, 3.8) is 0 Å². The second kappa shape index (κ2) is 5.84. The zero-order valence-electron chi connectivity index (χ0n) is 12.3. The first-order chi connectivity index (χ1) is 9.79. The second-order valence-corrected chi connectivity index (χ2v) is 6.69. The van der Waals surface area contributed by atoms with Crippen molar-refractivity contribution in [3.05, 3.63) is 35.2 Å². The number of rotatable bonds is 5. The van der Waals surface area contributed by atoms with E-state index in [0.717, 1.165) is 6.42 Å². The van der Waals surface area contributed by atoms with Crippen LogP contribution in [0, 0.1) is 0 Å². The molecule has 0 aliphatic heterocycles. The molecule has 0 bridgehead atoms. The van der Waals surface area contributed by atoms with Crippen LogP contribution in [0.4, 0.5) is 0 Å². The third-order valence-electron chi connectivity index (χ3n) is 4.83. The maximum atomic E-state index is 5.95. The van der Waals surface area contributed by atoms with Gasteiger partial charge in [-0.3, -0.25) is 0 Å². The van der Waals surface area contributed by atoms with E-state index >= 15 is 0 Å². The summed E-state index contributed by atoms with van der Waals surface area (Å²) in [5.41, 5.74) is 1.48. The van der Waals surface area contributed by atoms with Gasteiger partial charge in [-0.05, 0) is 48.7 Å². The minimum atomic E-state index is 0.0256. The minimum Gasteiger partial charge on any atom is -0.377 e. The molecule has 0 amide bonds. The Kier molecular flexibility index (Phi) is 4.11. The number of ether oxygens (including phenoxy) is 1. The molecule has 1 aliphatic rings. The van der Waals surface area contributed by atoms with Crippen LogP contribution in [-0.2, 0) is 11.2 Å². The van der Waals surface area contributed by atoms with E-state index in [4.69, 9.17) is 4.74 Å². The fraction of sp³-hybridized carbons (Fsp3) is 0.529. The Bertz CT molecular complexity index is 571. The zero-order chi connectivity index (χ0) is 14.0. The standard InChI is InChI=1S/C17H23NOS/c1-18-16(17(19-2)9-5-6-10-17)11-13-12-20-15-8-4-3-7-14(13)15/h3-4,7-8,12,16,18H,5-6,9-11H2,1-2H3. The van der Waals surface area contributed by atoms with E-state index in [-0.39, 0.29) is 5.60 Å². The molecule has 0 spiro atoms. The van der Waals surface area contributed by atoms with Crippen LogP contribution in [-0.4, -0.2) is 25.8 Å². The van der Waals surface area contributed by atoms with Gasteiger partial charge in [-0.1, -0.05) is 31.0 Å². The summed E-state index contributed by atoms with van der Waals surface area (Å²) in [6.45, 7) is 0. The van der Waals surface area contributed by atoms with Gasteiger partial charge >= 0.3 is 0 Å². The van der Waals surface area contributed by atoms with Crippen LogP contribution in [0.15, 0.2) is 29.6 Å². The maximum Gasteiger partial charge on any atom is 0.0834 e. The average Bonchev–Trinajstić information content (AvgIpc) is 3.12. The van der Waals surface area contributed by atoms with E-state index in [1.807, 2.05) is 18.4 Å². The maximum absolute atomic E-state index is 5.95.